The lowest BCUT2D eigenvalue weighted by Gasteiger charge is -2.51. The number of hydrogen-bond donors (Lipinski definition) is 24. The minimum atomic E-state index is -5.54. The lowest BCUT2D eigenvalue weighted by atomic mass is 9.93. The SMILES string of the molecule is CC(=O)N[C@H]1[C@H](O[C@H]2[C@H](O)[C@@H](NC(C)=O)[C@H](O[C@@H]3[C@H](O)[C@H](O[C@H]4[C@H](O)[C@@H](O)[C@H](O)O[C@@H]4CO)O[C@H](CO)[C@H]3O)O[C@@H]2COP(=O)(O)O)O[C@H](CO)[C@H](O[C@H]2O[C@H](CO)[C@H](O)[C@H](O[C@@H]3O[C@H](CO)[C@H](O)[C@H](O[C@@H]4O[C@H](CO)[C@@H](O)[C@H](O)[C@H]4NC(C)=O)[C@H]3O)[C@H]2NC(C)=O)[C@@H]1O. The molecule has 4 amide bonds. The third-order valence-corrected chi connectivity index (χ3v) is 16.9. The summed E-state index contributed by atoms with van der Waals surface area (Å²) in [4.78, 5) is 70.8. The minimum absolute atomic E-state index is 0.790. The maximum Gasteiger partial charge on any atom is 0.469 e. The highest BCUT2D eigenvalue weighted by Crippen LogP contribution is 2.41. The fourth-order valence-corrected chi connectivity index (χ4v) is 12.1. The van der Waals surface area contributed by atoms with Crippen molar-refractivity contribution in [1.82, 2.24) is 21.3 Å². The summed E-state index contributed by atoms with van der Waals surface area (Å²) in [6.45, 7) is -3.77. The van der Waals surface area contributed by atoms with Crippen LogP contribution in [0, 0.1) is 0 Å². The molecule has 7 aliphatic rings. The number of aliphatic hydroxyl groups is 18. The van der Waals surface area contributed by atoms with Crippen LogP contribution in [0.5, 0.6) is 0 Å². The third-order valence-electron chi connectivity index (χ3n) is 16.4. The van der Waals surface area contributed by atoms with Crippen LogP contribution < -0.4 is 21.3 Å². The van der Waals surface area contributed by atoms with Crippen LogP contribution in [0.1, 0.15) is 27.7 Å². The van der Waals surface area contributed by atoms with E-state index in [1.54, 1.807) is 0 Å². The first-order valence-electron chi connectivity index (χ1n) is 29.3. The largest absolute Gasteiger partial charge is 0.469 e. The Labute approximate surface area is 531 Å². The van der Waals surface area contributed by atoms with E-state index in [0.29, 0.717) is 0 Å². The predicted octanol–water partition coefficient (Wildman–Crippen LogP) is -15.6. The van der Waals surface area contributed by atoms with Crippen molar-refractivity contribution in [3.8, 4) is 0 Å². The molecule has 94 heavy (non-hydrogen) atoms. The first-order valence-corrected chi connectivity index (χ1v) is 30.9. The van der Waals surface area contributed by atoms with Gasteiger partial charge in [0.25, 0.3) is 0 Å². The number of carbonyl (C=O) groups is 4. The van der Waals surface area contributed by atoms with E-state index < -0.39 is 292 Å². The molecule has 0 aromatic carbocycles. The third kappa shape index (κ3) is 18.0. The molecule has 0 spiro atoms. The highest BCUT2D eigenvalue weighted by Gasteiger charge is 2.60. The Morgan fingerprint density at radius 1 is 0.319 bits per heavy atom. The molecular weight excluding hydrogens is 1310 g/mol. The van der Waals surface area contributed by atoms with Crippen molar-refractivity contribution in [3.63, 3.8) is 0 Å². The fourth-order valence-electron chi connectivity index (χ4n) is 11.8. The summed E-state index contributed by atoms with van der Waals surface area (Å²) >= 11 is 0. The van der Waals surface area contributed by atoms with Crippen LogP contribution in [-0.4, -0.2) is 386 Å². The molecule has 7 rings (SSSR count). The van der Waals surface area contributed by atoms with Crippen LogP contribution in [0.25, 0.3) is 0 Å². The molecule has 0 aromatic rings. The van der Waals surface area contributed by atoms with E-state index in [1.165, 1.54) is 0 Å². The molecule has 35 atom stereocenters. The van der Waals surface area contributed by atoms with Crippen LogP contribution in [0.4, 0.5) is 0 Å². The van der Waals surface area contributed by atoms with Crippen molar-refractivity contribution in [2.75, 3.05) is 46.2 Å². The summed E-state index contributed by atoms with van der Waals surface area (Å²) in [5.41, 5.74) is 0. The van der Waals surface area contributed by atoms with E-state index in [-0.39, 0.29) is 0 Å². The van der Waals surface area contributed by atoms with Gasteiger partial charge in [-0.05, 0) is 0 Å². The van der Waals surface area contributed by atoms with Crippen LogP contribution >= 0.6 is 7.82 Å². The standard InChI is InChI=1S/C50H85N4O39P/c1-12(61)51-23-31(69)27(65)16(5-55)82-45(23)92-43-30(68)19(8-58)85-50(37(43)75)91-41-26(54-15(4)64)48(83-17(6-56)28(41)66)88-38-21(10-60)86-46(24(32(38)70)52-13(2)62)89-40-22(11-80-94(77,78)79)87-47(25(33(40)71)53-14(3)63)93-42-29(67)18(7-57)84-49(36(42)74)90-39-20(9-59)81-44(76)35(73)34(39)72/h16-50,55-60,65-76H,5-11H2,1-4H3,(H,51,61)(H,52,62)(H,53,63)(H,54,64)(H2,77,78,79)/t16-,17-,18-,19-,20-,21-,22-,23-,24-,25-,26-,27-,28+,29-,30+,31-,32-,33-,34-,35-,36+,37-,38+,39-,40-,41-,42+,43+,44-,45+,46+,47+,48-,49+,50+/m1/s1. The normalized spacial score (nSPS) is 46.3. The summed E-state index contributed by atoms with van der Waals surface area (Å²) < 4.78 is 92.7. The summed E-state index contributed by atoms with van der Waals surface area (Å²) in [5, 5.41) is 206. The van der Waals surface area contributed by atoms with Crippen molar-refractivity contribution < 1.29 is 192 Å². The molecular formula is C50H85N4O39P. The molecule has 7 heterocycles. The van der Waals surface area contributed by atoms with Crippen LogP contribution in [0.15, 0.2) is 0 Å². The van der Waals surface area contributed by atoms with Gasteiger partial charge >= 0.3 is 7.82 Å². The summed E-state index contributed by atoms with van der Waals surface area (Å²) in [6.07, 6.45) is -62.4. The number of nitrogens with one attached hydrogen (secondary N) is 4. The number of ether oxygens (including phenoxy) is 13. The van der Waals surface area contributed by atoms with E-state index in [4.69, 9.17) is 66.1 Å². The number of carbonyl (C=O) groups excluding carboxylic acids is 4. The highest BCUT2D eigenvalue weighted by atomic mass is 31.2. The smallest absolute Gasteiger partial charge is 0.394 e. The number of phosphoric acid groups is 1. The zero-order chi connectivity index (χ0) is 69.7. The Balaban J connectivity index is 1.16. The monoisotopic (exact) mass is 1400 g/mol. The molecule has 7 saturated heterocycles. The number of phosphoric ester groups is 1. The van der Waals surface area contributed by atoms with Crippen molar-refractivity contribution in [2.24, 2.45) is 0 Å². The molecule has 0 radical (unpaired) electrons. The zero-order valence-corrected chi connectivity index (χ0v) is 51.2. The van der Waals surface area contributed by atoms with Gasteiger partial charge < -0.3 is 185 Å². The van der Waals surface area contributed by atoms with Gasteiger partial charge in [0.2, 0.25) is 23.6 Å². The first-order chi connectivity index (χ1) is 44.2. The minimum Gasteiger partial charge on any atom is -0.394 e. The second-order valence-corrected chi connectivity index (χ2v) is 24.3. The number of rotatable bonds is 25. The molecule has 0 saturated carbocycles. The Kier molecular flexibility index (Phi) is 28.0. The summed E-state index contributed by atoms with van der Waals surface area (Å²) in [6, 6.07) is -7.50. The summed E-state index contributed by atoms with van der Waals surface area (Å²) in [5.74, 6) is -3.67. The van der Waals surface area contributed by atoms with Crippen molar-refractivity contribution in [1.29, 1.82) is 0 Å². The average Bonchev–Trinajstić information content (AvgIpc) is 0.780. The Hall–Kier alpha value is -3.25. The molecule has 544 valence electrons. The van der Waals surface area contributed by atoms with E-state index in [9.17, 15) is 125 Å². The maximum absolute atomic E-state index is 13.0. The first kappa shape index (κ1) is 78.1. The quantitative estimate of drug-likeness (QED) is 0.0377. The predicted molar refractivity (Wildman–Crippen MR) is 289 cm³/mol. The van der Waals surface area contributed by atoms with Gasteiger partial charge in [-0.2, -0.15) is 0 Å². The number of amides is 4. The molecule has 7 fully saturated rings. The van der Waals surface area contributed by atoms with Crippen molar-refractivity contribution >= 4 is 31.5 Å². The molecule has 7 aliphatic heterocycles. The number of aliphatic hydroxyl groups excluding tert-OH is 18. The average molecular weight is 1400 g/mol. The van der Waals surface area contributed by atoms with Gasteiger partial charge in [0, 0.05) is 27.7 Å². The van der Waals surface area contributed by atoms with Gasteiger partial charge in [-0.25, -0.2) is 4.57 Å². The molecule has 0 unspecified atom stereocenters. The van der Waals surface area contributed by atoms with Gasteiger partial charge in [0.05, 0.1) is 46.2 Å². The Morgan fingerprint density at radius 3 is 1.01 bits per heavy atom. The fraction of sp³-hybridized carbons (Fsp3) is 0.920. The number of hydrogen-bond acceptors (Lipinski definition) is 37. The topological polar surface area (TPSA) is 667 Å². The van der Waals surface area contributed by atoms with Gasteiger partial charge in [-0.1, -0.05) is 0 Å². The van der Waals surface area contributed by atoms with E-state index in [2.05, 4.69) is 21.3 Å². The second kappa shape index (κ2) is 33.7. The molecule has 0 bridgehead atoms. The van der Waals surface area contributed by atoms with Gasteiger partial charge in [-0.15, -0.1) is 0 Å². The molecule has 0 aliphatic carbocycles. The van der Waals surface area contributed by atoms with Crippen molar-refractivity contribution in [3.05, 3.63) is 0 Å². The van der Waals surface area contributed by atoms with Gasteiger partial charge in [-0.3, -0.25) is 23.7 Å². The highest BCUT2D eigenvalue weighted by molar-refractivity contribution is 7.46. The second-order valence-electron chi connectivity index (χ2n) is 23.1. The zero-order valence-electron chi connectivity index (χ0n) is 50.3. The summed E-state index contributed by atoms with van der Waals surface area (Å²) in [7, 11) is -5.54. The molecule has 0 aromatic heterocycles. The lowest BCUT2D eigenvalue weighted by Crippen LogP contribution is -2.72. The lowest BCUT2D eigenvalue weighted by molar-refractivity contribution is -0.382. The molecule has 24 N–H and O–H groups in total. The Bertz CT molecular complexity index is 2500. The van der Waals surface area contributed by atoms with Crippen LogP contribution in [-0.2, 0) is 89.8 Å². The van der Waals surface area contributed by atoms with E-state index >= 15 is 0 Å². The van der Waals surface area contributed by atoms with Gasteiger partial charge in [0.15, 0.2) is 44.0 Å². The Morgan fingerprint density at radius 2 is 0.606 bits per heavy atom. The van der Waals surface area contributed by atoms with E-state index in [0.717, 1.165) is 27.7 Å². The van der Waals surface area contributed by atoms with Crippen LogP contribution in [0.3, 0.4) is 0 Å². The van der Waals surface area contributed by atoms with E-state index in [1.807, 2.05) is 0 Å². The maximum atomic E-state index is 13.0. The molecule has 44 heteroatoms. The van der Waals surface area contributed by atoms with Crippen LogP contribution in [0.2, 0.25) is 0 Å². The van der Waals surface area contributed by atoms with Crippen molar-refractivity contribution in [2.45, 2.75) is 242 Å². The van der Waals surface area contributed by atoms with Gasteiger partial charge in [0.1, 0.15) is 171 Å². The molecule has 43 nitrogen and oxygen atoms in total.